The number of aromatic nitrogens is 2. The average molecular weight is 341 g/mol. The molecule has 1 aliphatic rings. The van der Waals surface area contributed by atoms with Gasteiger partial charge in [0.2, 0.25) is 5.82 Å². The van der Waals surface area contributed by atoms with Crippen LogP contribution in [0, 0.1) is 0 Å². The van der Waals surface area contributed by atoms with Crippen molar-refractivity contribution in [1.82, 2.24) is 14.3 Å². The van der Waals surface area contributed by atoms with Crippen LogP contribution in [-0.2, 0) is 12.6 Å². The average Bonchev–Trinajstić information content (AvgIpc) is 2.93. The van der Waals surface area contributed by atoms with Gasteiger partial charge in [-0.3, -0.25) is 4.40 Å². The van der Waals surface area contributed by atoms with Gasteiger partial charge in [-0.05, 0) is 38.1 Å². The molecule has 1 saturated heterocycles. The van der Waals surface area contributed by atoms with Gasteiger partial charge in [0.25, 0.3) is 0 Å². The molecule has 2 aromatic heterocycles. The van der Waals surface area contributed by atoms with Crippen LogP contribution in [-0.4, -0.2) is 45.0 Å². The highest BCUT2D eigenvalue weighted by atomic mass is 19.4. The lowest BCUT2D eigenvalue weighted by Gasteiger charge is -2.25. The Bertz CT molecular complexity index is 749. The Morgan fingerprint density at radius 1 is 1.25 bits per heavy atom. The first-order valence-corrected chi connectivity index (χ1v) is 7.90. The number of fused-ring (bicyclic) bond motifs is 1. The minimum atomic E-state index is -4.64. The van der Waals surface area contributed by atoms with E-state index in [1.54, 1.807) is 0 Å². The van der Waals surface area contributed by atoms with Crippen molar-refractivity contribution < 1.29 is 23.1 Å². The molecule has 0 atom stereocenters. The molecule has 0 radical (unpaired) electrons. The monoisotopic (exact) mass is 341 g/mol. The summed E-state index contributed by atoms with van der Waals surface area (Å²) < 4.78 is 40.5. The van der Waals surface area contributed by atoms with Crippen molar-refractivity contribution in [2.24, 2.45) is 0 Å². The number of rotatable bonds is 4. The third kappa shape index (κ3) is 3.24. The molecule has 0 spiro atoms. The van der Waals surface area contributed by atoms with Gasteiger partial charge >= 0.3 is 12.1 Å². The van der Waals surface area contributed by atoms with Crippen LogP contribution in [0.25, 0.3) is 5.52 Å². The second-order valence-electron chi connectivity index (χ2n) is 5.98. The number of piperidine rings is 1. The number of imidazole rings is 1. The first-order chi connectivity index (χ1) is 11.4. The van der Waals surface area contributed by atoms with E-state index >= 15 is 0 Å². The molecule has 0 unspecified atom stereocenters. The van der Waals surface area contributed by atoms with Crippen molar-refractivity contribution in [3.05, 3.63) is 35.4 Å². The number of likely N-dealkylation sites (tertiary alicyclic amines) is 1. The van der Waals surface area contributed by atoms with E-state index in [-0.39, 0.29) is 16.8 Å². The predicted octanol–water partition coefficient (Wildman–Crippen LogP) is 3.08. The number of hydrogen-bond donors (Lipinski definition) is 1. The minimum Gasteiger partial charge on any atom is -0.478 e. The van der Waals surface area contributed by atoms with Crippen LogP contribution in [0.5, 0.6) is 0 Å². The number of carbonyl (C=O) groups is 1. The second kappa shape index (κ2) is 6.43. The Hall–Kier alpha value is -2.09. The van der Waals surface area contributed by atoms with Crippen LogP contribution in [0.15, 0.2) is 18.3 Å². The number of nitrogens with zero attached hydrogens (tertiary/aromatic N) is 3. The first-order valence-electron chi connectivity index (χ1n) is 7.90. The summed E-state index contributed by atoms with van der Waals surface area (Å²) in [6.07, 6.45) is 0.205. The van der Waals surface area contributed by atoms with Crippen LogP contribution in [0.4, 0.5) is 13.2 Å². The van der Waals surface area contributed by atoms with E-state index in [4.69, 9.17) is 0 Å². The van der Waals surface area contributed by atoms with Crippen LogP contribution >= 0.6 is 0 Å². The fourth-order valence-electron chi connectivity index (χ4n) is 3.21. The summed E-state index contributed by atoms with van der Waals surface area (Å²) in [6, 6.07) is 2.60. The minimum absolute atomic E-state index is 0.0364. The van der Waals surface area contributed by atoms with Gasteiger partial charge in [-0.2, -0.15) is 13.2 Å². The van der Waals surface area contributed by atoms with E-state index in [9.17, 15) is 23.1 Å². The molecule has 8 heteroatoms. The van der Waals surface area contributed by atoms with Crippen molar-refractivity contribution in [3.63, 3.8) is 0 Å². The Morgan fingerprint density at radius 2 is 1.96 bits per heavy atom. The molecular weight excluding hydrogens is 323 g/mol. The molecule has 1 fully saturated rings. The number of carboxylic acids is 1. The number of aromatic carboxylic acids is 1. The van der Waals surface area contributed by atoms with Crippen molar-refractivity contribution in [3.8, 4) is 0 Å². The van der Waals surface area contributed by atoms with Crippen molar-refractivity contribution >= 4 is 11.5 Å². The lowest BCUT2D eigenvalue weighted by Crippen LogP contribution is -2.31. The highest BCUT2D eigenvalue weighted by Crippen LogP contribution is 2.31. The summed E-state index contributed by atoms with van der Waals surface area (Å²) in [4.78, 5) is 17.3. The van der Waals surface area contributed by atoms with E-state index in [1.165, 1.54) is 24.8 Å². The topological polar surface area (TPSA) is 57.8 Å². The predicted molar refractivity (Wildman–Crippen MR) is 81.1 cm³/mol. The number of halogens is 3. The summed E-state index contributed by atoms with van der Waals surface area (Å²) in [7, 11) is 0. The molecule has 3 rings (SSSR count). The van der Waals surface area contributed by atoms with Crippen LogP contribution in [0.3, 0.4) is 0 Å². The maximum atomic E-state index is 13.2. The third-order valence-electron chi connectivity index (χ3n) is 4.33. The van der Waals surface area contributed by atoms with E-state index in [0.717, 1.165) is 30.3 Å². The molecule has 24 heavy (non-hydrogen) atoms. The molecule has 1 aliphatic heterocycles. The molecule has 0 saturated carbocycles. The molecule has 0 amide bonds. The Balaban J connectivity index is 2.00. The van der Waals surface area contributed by atoms with E-state index in [1.807, 2.05) is 0 Å². The standard InChI is InChI=1S/C16H18F3N3O2/c17-16(18,19)15-20-12(6-10-21-7-2-1-3-8-21)13-11(14(23)24)5-4-9-22(13)15/h4-5,9H,1-3,6-8,10H2,(H,23,24). The zero-order valence-corrected chi connectivity index (χ0v) is 13.0. The summed E-state index contributed by atoms with van der Waals surface area (Å²) in [6.45, 7) is 2.42. The lowest BCUT2D eigenvalue weighted by atomic mass is 10.1. The third-order valence-corrected chi connectivity index (χ3v) is 4.33. The SMILES string of the molecule is O=C(O)c1cccn2c(C(F)(F)F)nc(CCN3CCCCC3)c12. The molecular formula is C16H18F3N3O2. The van der Waals surface area contributed by atoms with Crippen molar-refractivity contribution in [2.45, 2.75) is 31.9 Å². The van der Waals surface area contributed by atoms with Gasteiger partial charge in [0, 0.05) is 19.2 Å². The molecule has 3 heterocycles. The van der Waals surface area contributed by atoms with Gasteiger partial charge in [0.15, 0.2) is 0 Å². The Labute approximate surface area is 136 Å². The van der Waals surface area contributed by atoms with Gasteiger partial charge in [-0.1, -0.05) is 6.42 Å². The summed E-state index contributed by atoms with van der Waals surface area (Å²) in [5.41, 5.74) is 0.0642. The van der Waals surface area contributed by atoms with Crippen LogP contribution in [0.2, 0.25) is 0 Å². The van der Waals surface area contributed by atoms with Crippen LogP contribution in [0.1, 0.15) is 41.1 Å². The van der Waals surface area contributed by atoms with E-state index in [0.29, 0.717) is 13.0 Å². The lowest BCUT2D eigenvalue weighted by molar-refractivity contribution is -0.145. The molecule has 2 aromatic rings. The number of pyridine rings is 1. The van der Waals surface area contributed by atoms with Gasteiger partial charge in [0.1, 0.15) is 0 Å². The maximum absolute atomic E-state index is 13.2. The fraction of sp³-hybridized carbons (Fsp3) is 0.500. The normalized spacial score (nSPS) is 16.6. The molecule has 0 aliphatic carbocycles. The Morgan fingerprint density at radius 3 is 2.58 bits per heavy atom. The highest BCUT2D eigenvalue weighted by molar-refractivity contribution is 5.96. The van der Waals surface area contributed by atoms with Gasteiger partial charge in [-0.25, -0.2) is 9.78 Å². The van der Waals surface area contributed by atoms with E-state index in [2.05, 4.69) is 9.88 Å². The van der Waals surface area contributed by atoms with Gasteiger partial charge in [-0.15, -0.1) is 0 Å². The van der Waals surface area contributed by atoms with Crippen molar-refractivity contribution in [1.29, 1.82) is 0 Å². The molecule has 130 valence electrons. The summed E-state index contributed by atoms with van der Waals surface area (Å²) in [5.74, 6) is -2.33. The first kappa shape index (κ1) is 16.8. The zero-order valence-electron chi connectivity index (χ0n) is 13.0. The van der Waals surface area contributed by atoms with Gasteiger partial charge < -0.3 is 10.0 Å². The Kier molecular flexibility index (Phi) is 4.49. The smallest absolute Gasteiger partial charge is 0.450 e. The molecule has 0 bridgehead atoms. The van der Waals surface area contributed by atoms with Crippen molar-refractivity contribution in [2.75, 3.05) is 19.6 Å². The largest absolute Gasteiger partial charge is 0.478 e. The quantitative estimate of drug-likeness (QED) is 0.928. The number of hydrogen-bond acceptors (Lipinski definition) is 3. The summed E-state index contributed by atoms with van der Waals surface area (Å²) >= 11 is 0. The fourth-order valence-corrected chi connectivity index (χ4v) is 3.21. The molecule has 0 aromatic carbocycles. The zero-order chi connectivity index (χ0) is 17.3. The molecule has 1 N–H and O–H groups in total. The number of carboxylic acid groups (broad SMARTS) is 1. The van der Waals surface area contributed by atoms with E-state index < -0.39 is 18.0 Å². The van der Waals surface area contributed by atoms with Gasteiger partial charge in [0.05, 0.1) is 16.8 Å². The van der Waals surface area contributed by atoms with Crippen LogP contribution < -0.4 is 0 Å². The maximum Gasteiger partial charge on any atom is 0.450 e. The number of alkyl halides is 3. The second-order valence-corrected chi connectivity index (χ2v) is 5.98. The molecule has 5 nitrogen and oxygen atoms in total. The highest BCUT2D eigenvalue weighted by Gasteiger charge is 2.37. The summed E-state index contributed by atoms with van der Waals surface area (Å²) in [5, 5.41) is 9.30.